The van der Waals surface area contributed by atoms with Gasteiger partial charge in [0.15, 0.2) is 17.2 Å². The smallest absolute Gasteiger partial charge is 0.477 e. The molecule has 0 bridgehead atoms. The van der Waals surface area contributed by atoms with Crippen molar-refractivity contribution in [2.24, 2.45) is 5.73 Å². The molecule has 36 heavy (non-hydrogen) atoms. The van der Waals surface area contributed by atoms with E-state index in [9.17, 15) is 23.5 Å². The van der Waals surface area contributed by atoms with Crippen LogP contribution in [0.1, 0.15) is 32.8 Å². The molecule has 2 heterocycles. The summed E-state index contributed by atoms with van der Waals surface area (Å²) in [5, 5.41) is 13.5. The van der Waals surface area contributed by atoms with Gasteiger partial charge >= 0.3 is 12.3 Å². The summed E-state index contributed by atoms with van der Waals surface area (Å²) in [5.41, 5.74) is 5.95. The Kier molecular flexibility index (Phi) is 8.43. The number of carbonyl (C=O) groups is 2. The van der Waals surface area contributed by atoms with Crippen molar-refractivity contribution < 1.29 is 37.7 Å². The van der Waals surface area contributed by atoms with E-state index < -0.39 is 18.2 Å². The molecule has 4 rings (SSSR count). The number of aromatic carboxylic acids is 1. The van der Waals surface area contributed by atoms with Gasteiger partial charge in [-0.25, -0.2) is 9.48 Å². The standard InChI is InChI=1S/C16H21N3O3.C8H5F2NO3/c1-18(2)9-6-10-22-15-11-14(16(20)21)19(17-15)12-13-7-4-3-5-8-13;9-8(10)13-5-3-1-2-4(7(11)12)6(5)14-8/h3-5,7-8,11H,6,9-10,12H2,1-2H3,(H,20,21);1-3H,(H2,11,12). The van der Waals surface area contributed by atoms with E-state index in [4.69, 9.17) is 10.5 Å². The minimum atomic E-state index is -3.73. The van der Waals surface area contributed by atoms with Crippen molar-refractivity contribution in [1.29, 1.82) is 0 Å². The predicted octanol–water partition coefficient (Wildman–Crippen LogP) is 3.07. The third kappa shape index (κ3) is 7.15. The van der Waals surface area contributed by atoms with Gasteiger partial charge in [-0.1, -0.05) is 36.4 Å². The number of hydrogen-bond acceptors (Lipinski definition) is 7. The molecule has 192 valence electrons. The Hall–Kier alpha value is -4.19. The first-order chi connectivity index (χ1) is 17.1. The highest BCUT2D eigenvalue weighted by Gasteiger charge is 2.45. The maximum absolute atomic E-state index is 12.6. The van der Waals surface area contributed by atoms with Crippen molar-refractivity contribution in [3.63, 3.8) is 0 Å². The molecule has 1 aliphatic rings. The van der Waals surface area contributed by atoms with Gasteiger partial charge in [-0.2, -0.15) is 0 Å². The van der Waals surface area contributed by atoms with Crippen molar-refractivity contribution >= 4 is 11.9 Å². The normalized spacial score (nSPS) is 13.1. The van der Waals surface area contributed by atoms with Crippen LogP contribution in [0, 0.1) is 0 Å². The quantitative estimate of drug-likeness (QED) is 0.426. The largest absolute Gasteiger partial charge is 0.586 e. The second kappa shape index (κ2) is 11.5. The average Bonchev–Trinajstić information content (AvgIpc) is 3.36. The highest BCUT2D eigenvalue weighted by Crippen LogP contribution is 2.42. The number of carboxylic acid groups (broad SMARTS) is 1. The molecule has 0 fully saturated rings. The van der Waals surface area contributed by atoms with Gasteiger partial charge in [0.2, 0.25) is 5.88 Å². The molecule has 0 atom stereocenters. The fourth-order valence-corrected chi connectivity index (χ4v) is 3.23. The van der Waals surface area contributed by atoms with Crippen LogP contribution in [0.5, 0.6) is 17.4 Å². The molecule has 0 aliphatic carbocycles. The predicted molar refractivity (Wildman–Crippen MR) is 125 cm³/mol. The van der Waals surface area contributed by atoms with E-state index in [-0.39, 0.29) is 22.8 Å². The molecule has 0 unspecified atom stereocenters. The summed E-state index contributed by atoms with van der Waals surface area (Å²) in [6.07, 6.45) is -2.87. The molecule has 1 amide bonds. The Morgan fingerprint density at radius 3 is 2.50 bits per heavy atom. The molecule has 1 aliphatic heterocycles. The van der Waals surface area contributed by atoms with Crippen molar-refractivity contribution in [3.05, 3.63) is 71.4 Å². The summed E-state index contributed by atoms with van der Waals surface area (Å²) in [7, 11) is 3.99. The van der Waals surface area contributed by atoms with Crippen LogP contribution >= 0.6 is 0 Å². The number of amides is 1. The molecule has 0 saturated heterocycles. The van der Waals surface area contributed by atoms with Gasteiger partial charge in [0.1, 0.15) is 0 Å². The lowest BCUT2D eigenvalue weighted by Gasteiger charge is -2.08. The van der Waals surface area contributed by atoms with E-state index in [1.54, 1.807) is 0 Å². The first kappa shape index (κ1) is 26.4. The van der Waals surface area contributed by atoms with Crippen LogP contribution in [0.2, 0.25) is 0 Å². The van der Waals surface area contributed by atoms with Gasteiger partial charge in [0, 0.05) is 12.6 Å². The number of halogens is 2. The average molecular weight is 504 g/mol. The first-order valence-corrected chi connectivity index (χ1v) is 10.9. The number of hydrogen-bond donors (Lipinski definition) is 2. The lowest BCUT2D eigenvalue weighted by atomic mass is 10.2. The van der Waals surface area contributed by atoms with E-state index in [0.29, 0.717) is 19.0 Å². The van der Waals surface area contributed by atoms with Gasteiger partial charge in [0.25, 0.3) is 5.91 Å². The van der Waals surface area contributed by atoms with Crippen LogP contribution in [0.25, 0.3) is 0 Å². The van der Waals surface area contributed by atoms with E-state index in [1.807, 2.05) is 44.4 Å². The highest BCUT2D eigenvalue weighted by molar-refractivity contribution is 5.96. The zero-order chi connectivity index (χ0) is 26.3. The van der Waals surface area contributed by atoms with Gasteiger partial charge in [-0.3, -0.25) is 4.79 Å². The number of rotatable bonds is 9. The van der Waals surface area contributed by atoms with Crippen molar-refractivity contribution in [3.8, 4) is 17.4 Å². The Balaban J connectivity index is 0.000000221. The fraction of sp³-hybridized carbons (Fsp3) is 0.292. The highest BCUT2D eigenvalue weighted by atomic mass is 19.3. The summed E-state index contributed by atoms with van der Waals surface area (Å²) >= 11 is 0. The SMILES string of the molecule is CN(C)CCCOc1cc(C(=O)O)n(Cc2ccccc2)n1.NC(=O)c1cccc2c1OC(F)(F)O2. The first-order valence-electron chi connectivity index (χ1n) is 10.9. The number of ether oxygens (including phenoxy) is 3. The van der Waals surface area contributed by atoms with Crippen LogP contribution in [-0.2, 0) is 6.54 Å². The number of fused-ring (bicyclic) bond motifs is 1. The van der Waals surface area contributed by atoms with Crippen LogP contribution in [0.15, 0.2) is 54.6 Å². The Morgan fingerprint density at radius 1 is 1.14 bits per heavy atom. The lowest BCUT2D eigenvalue weighted by Crippen LogP contribution is -2.26. The molecular formula is C24H26F2N4O6. The Bertz CT molecular complexity index is 1200. The van der Waals surface area contributed by atoms with Gasteiger partial charge in [0.05, 0.1) is 18.7 Å². The van der Waals surface area contributed by atoms with Crippen molar-refractivity contribution in [2.45, 2.75) is 19.3 Å². The summed E-state index contributed by atoms with van der Waals surface area (Å²) in [4.78, 5) is 24.2. The van der Waals surface area contributed by atoms with E-state index in [2.05, 4.69) is 19.5 Å². The van der Waals surface area contributed by atoms with E-state index >= 15 is 0 Å². The molecule has 1 aromatic heterocycles. The zero-order valence-corrected chi connectivity index (χ0v) is 19.7. The van der Waals surface area contributed by atoms with E-state index in [0.717, 1.165) is 18.5 Å². The summed E-state index contributed by atoms with van der Waals surface area (Å²) in [6.45, 7) is 1.83. The van der Waals surface area contributed by atoms with Crippen LogP contribution in [-0.4, -0.2) is 65.2 Å². The summed E-state index contributed by atoms with van der Waals surface area (Å²) in [6, 6.07) is 15.0. The maximum atomic E-state index is 12.6. The fourth-order valence-electron chi connectivity index (χ4n) is 3.23. The minimum absolute atomic E-state index is 0.125. The molecule has 12 heteroatoms. The third-order valence-electron chi connectivity index (χ3n) is 4.85. The van der Waals surface area contributed by atoms with Crippen molar-refractivity contribution in [1.82, 2.24) is 14.7 Å². The number of alkyl halides is 2. The summed E-state index contributed by atoms with van der Waals surface area (Å²) in [5.74, 6) is -2.00. The maximum Gasteiger partial charge on any atom is 0.586 e. The van der Waals surface area contributed by atoms with Crippen LogP contribution < -0.4 is 19.9 Å². The minimum Gasteiger partial charge on any atom is -0.477 e. The Morgan fingerprint density at radius 2 is 1.86 bits per heavy atom. The lowest BCUT2D eigenvalue weighted by molar-refractivity contribution is -0.286. The van der Waals surface area contributed by atoms with Crippen LogP contribution in [0.3, 0.4) is 0 Å². The number of primary amides is 1. The molecule has 0 saturated carbocycles. The number of para-hydroxylation sites is 1. The summed E-state index contributed by atoms with van der Waals surface area (Å²) < 4.78 is 40.4. The van der Waals surface area contributed by atoms with Crippen LogP contribution in [0.4, 0.5) is 8.78 Å². The number of carboxylic acids is 1. The number of nitrogens with zero attached hydrogens (tertiary/aromatic N) is 3. The third-order valence-corrected chi connectivity index (χ3v) is 4.85. The van der Waals surface area contributed by atoms with Gasteiger partial charge < -0.3 is 30.0 Å². The molecule has 10 nitrogen and oxygen atoms in total. The number of benzene rings is 2. The van der Waals surface area contributed by atoms with Crippen molar-refractivity contribution in [2.75, 3.05) is 27.2 Å². The topological polar surface area (TPSA) is 129 Å². The molecule has 3 aromatic rings. The molecule has 2 aromatic carbocycles. The molecule has 0 radical (unpaired) electrons. The molecule has 0 spiro atoms. The second-order valence-corrected chi connectivity index (χ2v) is 7.99. The van der Waals surface area contributed by atoms with E-state index in [1.165, 1.54) is 28.9 Å². The molecule has 3 N–H and O–H groups in total. The van der Waals surface area contributed by atoms with Gasteiger partial charge in [-0.15, -0.1) is 13.9 Å². The van der Waals surface area contributed by atoms with Gasteiger partial charge in [-0.05, 0) is 38.2 Å². The number of carbonyl (C=O) groups excluding carboxylic acids is 1. The number of aromatic nitrogens is 2. The second-order valence-electron chi connectivity index (χ2n) is 7.99. The zero-order valence-electron chi connectivity index (χ0n) is 19.7. The molecular weight excluding hydrogens is 478 g/mol. The monoisotopic (exact) mass is 504 g/mol. The Labute approximate surface area is 205 Å². The number of nitrogens with two attached hydrogens (primary N) is 1.